The molecule has 0 fully saturated rings. The Morgan fingerprint density at radius 2 is 0.552 bits per heavy atom. The highest BCUT2D eigenvalue weighted by Crippen LogP contribution is 2.47. The van der Waals surface area contributed by atoms with Crippen LogP contribution < -0.4 is 0 Å². The number of fused-ring (bicyclic) bond motifs is 5. The van der Waals surface area contributed by atoms with Gasteiger partial charge in [0.2, 0.25) is 0 Å². The zero-order valence-corrected chi connectivity index (χ0v) is 31.9. The maximum atomic E-state index is 2.45. The van der Waals surface area contributed by atoms with Gasteiger partial charge in [0, 0.05) is 0 Å². The van der Waals surface area contributed by atoms with Crippen LogP contribution in [0.1, 0.15) is 0 Å². The molecular formula is C58H38. The normalized spacial score (nSPS) is 11.4. The summed E-state index contributed by atoms with van der Waals surface area (Å²) >= 11 is 0. The van der Waals surface area contributed by atoms with Crippen molar-refractivity contribution in [1.82, 2.24) is 0 Å². The third-order valence-corrected chi connectivity index (χ3v) is 11.8. The van der Waals surface area contributed by atoms with E-state index in [1.165, 1.54) is 110 Å². The molecule has 0 saturated carbocycles. The maximum Gasteiger partial charge on any atom is -0.00201 e. The predicted molar refractivity (Wildman–Crippen MR) is 249 cm³/mol. The molecule has 0 atom stereocenters. The lowest BCUT2D eigenvalue weighted by atomic mass is 9.82. The molecule has 0 nitrogen and oxygen atoms in total. The largest absolute Gasteiger partial charge is 0.0622 e. The van der Waals surface area contributed by atoms with Gasteiger partial charge in [-0.15, -0.1) is 0 Å². The molecule has 0 saturated heterocycles. The Kier molecular flexibility index (Phi) is 8.26. The van der Waals surface area contributed by atoms with Gasteiger partial charge in [0.25, 0.3) is 0 Å². The van der Waals surface area contributed by atoms with E-state index in [0.717, 1.165) is 0 Å². The van der Waals surface area contributed by atoms with Gasteiger partial charge in [0.05, 0.1) is 0 Å². The van der Waals surface area contributed by atoms with E-state index in [1.807, 2.05) is 0 Å². The van der Waals surface area contributed by atoms with Crippen molar-refractivity contribution in [3.05, 3.63) is 231 Å². The summed E-state index contributed by atoms with van der Waals surface area (Å²) in [5, 5.41) is 9.97. The van der Waals surface area contributed by atoms with Crippen LogP contribution in [0, 0.1) is 0 Å². The van der Waals surface area contributed by atoms with Crippen LogP contribution in [0.5, 0.6) is 0 Å². The second-order valence-electron chi connectivity index (χ2n) is 15.3. The molecule has 0 radical (unpaired) electrons. The molecule has 0 unspecified atom stereocenters. The molecule has 11 aromatic carbocycles. The summed E-state index contributed by atoms with van der Waals surface area (Å²) in [6.45, 7) is 0. The minimum absolute atomic E-state index is 1.20. The van der Waals surface area contributed by atoms with E-state index in [2.05, 4.69) is 231 Å². The van der Waals surface area contributed by atoms with Gasteiger partial charge in [-0.2, -0.15) is 0 Å². The first-order chi connectivity index (χ1) is 28.7. The summed E-state index contributed by atoms with van der Waals surface area (Å²) in [5.74, 6) is 0. The van der Waals surface area contributed by atoms with Crippen molar-refractivity contribution in [3.63, 3.8) is 0 Å². The van der Waals surface area contributed by atoms with Gasteiger partial charge in [0.15, 0.2) is 0 Å². The molecule has 270 valence electrons. The standard InChI is InChI=1S/C58H38/c1-4-16-40(17-5-1)53-35-46-23-12-13-24-47(46)36-54(53)50-30-32-52-51-31-29-49(45-26-14-25-44(34-45)48-28-27-39-15-10-11-22-43(39)33-48)37-55(51)57(41-18-6-2-7-19-41)58(56(52)38-50)42-20-8-3-9-21-42/h1-38H. The Bertz CT molecular complexity index is 3300. The van der Waals surface area contributed by atoms with Gasteiger partial charge in [-0.1, -0.05) is 194 Å². The minimum Gasteiger partial charge on any atom is -0.0622 e. The van der Waals surface area contributed by atoms with Crippen molar-refractivity contribution < 1.29 is 0 Å². The molecule has 0 N–H and O–H groups in total. The van der Waals surface area contributed by atoms with Gasteiger partial charge in [-0.05, 0) is 146 Å². The topological polar surface area (TPSA) is 0 Å². The zero-order chi connectivity index (χ0) is 38.4. The average molecular weight is 735 g/mol. The van der Waals surface area contributed by atoms with E-state index in [-0.39, 0.29) is 0 Å². The first kappa shape index (κ1) is 33.8. The fraction of sp³-hybridized carbons (Fsp3) is 0. The van der Waals surface area contributed by atoms with Gasteiger partial charge in [0.1, 0.15) is 0 Å². The minimum atomic E-state index is 1.20. The van der Waals surface area contributed by atoms with Gasteiger partial charge in [-0.3, -0.25) is 0 Å². The summed E-state index contributed by atoms with van der Waals surface area (Å²) in [4.78, 5) is 0. The number of hydrogen-bond acceptors (Lipinski definition) is 0. The number of hydrogen-bond donors (Lipinski definition) is 0. The van der Waals surface area contributed by atoms with Crippen molar-refractivity contribution in [1.29, 1.82) is 0 Å². The zero-order valence-electron chi connectivity index (χ0n) is 31.9. The predicted octanol–water partition coefficient (Wildman–Crippen LogP) is 16.3. The first-order valence-corrected chi connectivity index (χ1v) is 20.1. The molecular weight excluding hydrogens is 697 g/mol. The SMILES string of the molecule is c1ccc(-c2cc3ccccc3cc2-c2ccc3c(c2)c(-c2ccccc2)c(-c2ccccc2)c2cc(-c4cccc(-c5ccc6ccccc6c5)c4)ccc23)cc1. The highest BCUT2D eigenvalue weighted by molar-refractivity contribution is 6.23. The van der Waals surface area contributed by atoms with Crippen LogP contribution in [0.3, 0.4) is 0 Å². The molecule has 0 aliphatic rings. The molecule has 0 aliphatic heterocycles. The van der Waals surface area contributed by atoms with E-state index >= 15 is 0 Å². The summed E-state index contributed by atoms with van der Waals surface area (Å²) < 4.78 is 0. The monoisotopic (exact) mass is 734 g/mol. The lowest BCUT2D eigenvalue weighted by Gasteiger charge is -2.21. The summed E-state index contributed by atoms with van der Waals surface area (Å²) in [6, 6.07) is 84.7. The molecule has 11 aromatic rings. The Morgan fingerprint density at radius 3 is 1.12 bits per heavy atom. The van der Waals surface area contributed by atoms with Crippen LogP contribution in [-0.2, 0) is 0 Å². The van der Waals surface area contributed by atoms with Crippen molar-refractivity contribution in [3.8, 4) is 66.8 Å². The molecule has 0 aliphatic carbocycles. The Morgan fingerprint density at radius 1 is 0.172 bits per heavy atom. The van der Waals surface area contributed by atoms with E-state index in [9.17, 15) is 0 Å². The third kappa shape index (κ3) is 5.95. The Balaban J connectivity index is 1.17. The molecule has 0 aromatic heterocycles. The van der Waals surface area contributed by atoms with Crippen LogP contribution in [0.2, 0.25) is 0 Å². The van der Waals surface area contributed by atoms with Crippen LogP contribution in [-0.4, -0.2) is 0 Å². The molecule has 11 rings (SSSR count). The fourth-order valence-corrected chi connectivity index (χ4v) is 8.98. The smallest absolute Gasteiger partial charge is 0.00201 e. The number of benzene rings is 11. The fourth-order valence-electron chi connectivity index (χ4n) is 8.98. The van der Waals surface area contributed by atoms with Crippen LogP contribution in [0.4, 0.5) is 0 Å². The summed E-state index contributed by atoms with van der Waals surface area (Å²) in [7, 11) is 0. The van der Waals surface area contributed by atoms with E-state index in [4.69, 9.17) is 0 Å². The molecule has 0 spiro atoms. The van der Waals surface area contributed by atoms with Crippen LogP contribution in [0.25, 0.3) is 110 Å². The van der Waals surface area contributed by atoms with Gasteiger partial charge < -0.3 is 0 Å². The molecule has 0 bridgehead atoms. The maximum absolute atomic E-state index is 2.45. The van der Waals surface area contributed by atoms with E-state index in [0.29, 0.717) is 0 Å². The first-order valence-electron chi connectivity index (χ1n) is 20.1. The van der Waals surface area contributed by atoms with Crippen molar-refractivity contribution >= 4 is 43.1 Å². The van der Waals surface area contributed by atoms with E-state index in [1.54, 1.807) is 0 Å². The van der Waals surface area contributed by atoms with E-state index < -0.39 is 0 Å². The van der Waals surface area contributed by atoms with Gasteiger partial charge >= 0.3 is 0 Å². The molecule has 0 heterocycles. The van der Waals surface area contributed by atoms with Crippen molar-refractivity contribution in [2.75, 3.05) is 0 Å². The van der Waals surface area contributed by atoms with Crippen molar-refractivity contribution in [2.24, 2.45) is 0 Å². The highest BCUT2D eigenvalue weighted by Gasteiger charge is 2.20. The van der Waals surface area contributed by atoms with Crippen LogP contribution in [0.15, 0.2) is 231 Å². The third-order valence-electron chi connectivity index (χ3n) is 11.8. The quantitative estimate of drug-likeness (QED) is 0.149. The number of rotatable bonds is 6. The molecule has 0 amide bonds. The lowest BCUT2D eigenvalue weighted by Crippen LogP contribution is -1.94. The second-order valence-corrected chi connectivity index (χ2v) is 15.3. The van der Waals surface area contributed by atoms with Crippen LogP contribution >= 0.6 is 0 Å². The molecule has 58 heavy (non-hydrogen) atoms. The van der Waals surface area contributed by atoms with Crippen molar-refractivity contribution in [2.45, 2.75) is 0 Å². The Labute approximate surface area is 339 Å². The molecule has 0 heteroatoms. The summed E-state index contributed by atoms with van der Waals surface area (Å²) in [5.41, 5.74) is 14.6. The summed E-state index contributed by atoms with van der Waals surface area (Å²) in [6.07, 6.45) is 0. The lowest BCUT2D eigenvalue weighted by molar-refractivity contribution is 1.60. The average Bonchev–Trinajstić information content (AvgIpc) is 3.31. The highest BCUT2D eigenvalue weighted by atomic mass is 14.2. The second kappa shape index (κ2) is 14.2. The Hall–Kier alpha value is -7.54. The van der Waals surface area contributed by atoms with Gasteiger partial charge in [-0.25, -0.2) is 0 Å².